The summed E-state index contributed by atoms with van der Waals surface area (Å²) in [6, 6.07) is 23.5. The van der Waals surface area contributed by atoms with E-state index in [1.165, 1.54) is 29.6 Å². The molecule has 0 aliphatic heterocycles. The van der Waals surface area contributed by atoms with Gasteiger partial charge < -0.3 is 10.1 Å². The third-order valence-electron chi connectivity index (χ3n) is 4.67. The normalized spacial score (nSPS) is 10.6. The highest BCUT2D eigenvalue weighted by Crippen LogP contribution is 2.32. The van der Waals surface area contributed by atoms with Crippen molar-refractivity contribution >= 4 is 35.1 Å². The number of anilines is 1. The van der Waals surface area contributed by atoms with Gasteiger partial charge in [0.1, 0.15) is 17.3 Å². The Morgan fingerprint density at radius 2 is 1.74 bits per heavy atom. The molecule has 4 rings (SSSR count). The first-order valence-electron chi connectivity index (χ1n) is 10.6. The summed E-state index contributed by atoms with van der Waals surface area (Å²) >= 11 is 2.68. The van der Waals surface area contributed by atoms with Crippen molar-refractivity contribution in [2.24, 2.45) is 0 Å². The highest BCUT2D eigenvalue weighted by Gasteiger charge is 2.19. The lowest BCUT2D eigenvalue weighted by Crippen LogP contribution is -2.16. The van der Waals surface area contributed by atoms with Gasteiger partial charge in [-0.15, -0.1) is 0 Å². The van der Waals surface area contributed by atoms with E-state index in [4.69, 9.17) is 4.74 Å². The van der Waals surface area contributed by atoms with Crippen LogP contribution in [0.2, 0.25) is 0 Å². The van der Waals surface area contributed by atoms with Crippen LogP contribution in [0.15, 0.2) is 100 Å². The van der Waals surface area contributed by atoms with Crippen LogP contribution >= 0.6 is 23.5 Å². The number of benzene rings is 3. The monoisotopic (exact) mass is 491 g/mol. The minimum atomic E-state index is -0.374. The molecule has 1 heterocycles. The molecule has 8 heteroatoms. The summed E-state index contributed by atoms with van der Waals surface area (Å²) in [5, 5.41) is 3.30. The number of nitrogens with zero attached hydrogens (tertiary/aromatic N) is 2. The second kappa shape index (κ2) is 11.7. The maximum atomic E-state index is 14.0. The van der Waals surface area contributed by atoms with Crippen molar-refractivity contribution in [3.8, 4) is 5.75 Å². The lowest BCUT2D eigenvalue weighted by molar-refractivity contribution is 0.101. The Balaban J connectivity index is 1.62. The summed E-state index contributed by atoms with van der Waals surface area (Å²) in [6.07, 6.45) is 1.64. The molecule has 34 heavy (non-hydrogen) atoms. The first kappa shape index (κ1) is 23.8. The molecule has 0 unspecified atom stereocenters. The number of thioether (sulfide) groups is 1. The quantitative estimate of drug-likeness (QED) is 0.207. The first-order valence-corrected chi connectivity index (χ1v) is 12.4. The van der Waals surface area contributed by atoms with Gasteiger partial charge in [0, 0.05) is 16.8 Å². The minimum absolute atomic E-state index is 0.242. The smallest absolute Gasteiger partial charge is 0.275 e. The Morgan fingerprint density at radius 3 is 2.53 bits per heavy atom. The Labute approximate surface area is 206 Å². The molecule has 4 aromatic rings. The lowest BCUT2D eigenvalue weighted by Gasteiger charge is -2.13. The van der Waals surface area contributed by atoms with Crippen molar-refractivity contribution in [1.82, 2.24) is 9.97 Å². The summed E-state index contributed by atoms with van der Waals surface area (Å²) in [5.41, 5.74) is 1.35. The van der Waals surface area contributed by atoms with Gasteiger partial charge in [-0.3, -0.25) is 4.79 Å². The van der Waals surface area contributed by atoms with Crippen LogP contribution in [-0.4, -0.2) is 22.5 Å². The third-order valence-corrected chi connectivity index (χ3v) is 6.61. The zero-order valence-corrected chi connectivity index (χ0v) is 20.0. The highest BCUT2D eigenvalue weighted by molar-refractivity contribution is 7.99. The number of carbonyl (C=O) groups excluding carboxylic acids is 1. The summed E-state index contributed by atoms with van der Waals surface area (Å²) in [7, 11) is 0. The number of para-hydroxylation sites is 2. The number of hydrogen-bond donors (Lipinski definition) is 1. The number of carbonyl (C=O) groups is 1. The molecule has 1 N–H and O–H groups in total. The van der Waals surface area contributed by atoms with E-state index in [-0.39, 0.29) is 17.4 Å². The number of ether oxygens (including phenoxy) is 1. The van der Waals surface area contributed by atoms with Gasteiger partial charge in [0.2, 0.25) is 0 Å². The molecule has 0 saturated heterocycles. The molecule has 0 bridgehead atoms. The standard InChI is InChI=1S/C26H22FN3O2S2/c1-2-32-22-15-9-8-14-21(22)29-25(31)24-23(34-19-11-4-3-5-12-19)16-28-26(30-24)33-17-18-10-6-7-13-20(18)27/h3-16H,2,17H2,1H3,(H,29,31). The number of rotatable bonds is 9. The van der Waals surface area contributed by atoms with Crippen molar-refractivity contribution in [3.05, 3.63) is 102 Å². The number of hydrogen-bond acceptors (Lipinski definition) is 6. The van der Waals surface area contributed by atoms with Crippen LogP contribution < -0.4 is 10.1 Å². The third kappa shape index (κ3) is 6.15. The SMILES string of the molecule is CCOc1ccccc1NC(=O)c1nc(SCc2ccccc2F)ncc1Sc1ccccc1. The van der Waals surface area contributed by atoms with E-state index in [0.717, 1.165) is 4.90 Å². The molecule has 172 valence electrons. The molecule has 0 spiro atoms. The molecule has 0 atom stereocenters. The molecular weight excluding hydrogens is 469 g/mol. The van der Waals surface area contributed by atoms with Crippen LogP contribution in [0.5, 0.6) is 5.75 Å². The molecule has 1 amide bonds. The first-order chi connectivity index (χ1) is 16.6. The van der Waals surface area contributed by atoms with Crippen molar-refractivity contribution in [3.63, 3.8) is 0 Å². The van der Waals surface area contributed by atoms with Crippen molar-refractivity contribution in [2.45, 2.75) is 27.6 Å². The predicted octanol–water partition coefficient (Wildman–Crippen LogP) is 6.71. The second-order valence-electron chi connectivity index (χ2n) is 7.04. The topological polar surface area (TPSA) is 64.1 Å². The molecule has 5 nitrogen and oxygen atoms in total. The zero-order valence-electron chi connectivity index (χ0n) is 18.4. The number of halogens is 1. The Kier molecular flexibility index (Phi) is 8.17. The van der Waals surface area contributed by atoms with Crippen molar-refractivity contribution in [2.75, 3.05) is 11.9 Å². The molecule has 0 fully saturated rings. The van der Waals surface area contributed by atoms with Crippen LogP contribution in [0.3, 0.4) is 0 Å². The van der Waals surface area contributed by atoms with E-state index < -0.39 is 0 Å². The molecule has 3 aromatic carbocycles. The summed E-state index contributed by atoms with van der Waals surface area (Å²) in [4.78, 5) is 23.9. The van der Waals surface area contributed by atoms with Gasteiger partial charge in [0.05, 0.1) is 17.2 Å². The molecular formula is C26H22FN3O2S2. The van der Waals surface area contributed by atoms with Gasteiger partial charge in [-0.2, -0.15) is 0 Å². The van der Waals surface area contributed by atoms with Gasteiger partial charge in [-0.1, -0.05) is 72.1 Å². The van der Waals surface area contributed by atoms with E-state index in [0.29, 0.717) is 39.4 Å². The maximum absolute atomic E-state index is 14.0. The molecule has 0 aliphatic carbocycles. The van der Waals surface area contributed by atoms with Gasteiger partial charge in [0.25, 0.3) is 5.91 Å². The van der Waals surface area contributed by atoms with E-state index in [1.54, 1.807) is 36.5 Å². The maximum Gasteiger partial charge on any atom is 0.275 e. The van der Waals surface area contributed by atoms with E-state index in [9.17, 15) is 9.18 Å². The number of aromatic nitrogens is 2. The number of amides is 1. The molecule has 0 saturated carbocycles. The van der Waals surface area contributed by atoms with Crippen LogP contribution in [0.25, 0.3) is 0 Å². The van der Waals surface area contributed by atoms with Gasteiger partial charge in [-0.05, 0) is 42.8 Å². The fourth-order valence-corrected chi connectivity index (χ4v) is 4.76. The van der Waals surface area contributed by atoms with Crippen LogP contribution in [0, 0.1) is 5.82 Å². The van der Waals surface area contributed by atoms with Crippen molar-refractivity contribution < 1.29 is 13.9 Å². The zero-order chi connectivity index (χ0) is 23.8. The second-order valence-corrected chi connectivity index (χ2v) is 9.10. The van der Waals surface area contributed by atoms with Gasteiger partial charge in [-0.25, -0.2) is 14.4 Å². The molecule has 1 aromatic heterocycles. The Hall–Kier alpha value is -3.36. The van der Waals surface area contributed by atoms with E-state index in [1.807, 2.05) is 49.4 Å². The predicted molar refractivity (Wildman–Crippen MR) is 134 cm³/mol. The summed E-state index contributed by atoms with van der Waals surface area (Å²) in [6.45, 7) is 2.36. The fourth-order valence-electron chi connectivity index (χ4n) is 3.07. The Bertz CT molecular complexity index is 1270. The average Bonchev–Trinajstić information content (AvgIpc) is 2.86. The Morgan fingerprint density at radius 1 is 1.00 bits per heavy atom. The van der Waals surface area contributed by atoms with Crippen LogP contribution in [0.4, 0.5) is 10.1 Å². The largest absolute Gasteiger partial charge is 0.492 e. The highest BCUT2D eigenvalue weighted by atomic mass is 32.2. The van der Waals surface area contributed by atoms with E-state index >= 15 is 0 Å². The van der Waals surface area contributed by atoms with Gasteiger partial charge >= 0.3 is 0 Å². The lowest BCUT2D eigenvalue weighted by atomic mass is 10.2. The summed E-state index contributed by atoms with van der Waals surface area (Å²) in [5.74, 6) is 0.280. The van der Waals surface area contributed by atoms with Crippen LogP contribution in [0.1, 0.15) is 23.0 Å². The molecule has 0 radical (unpaired) electrons. The fraction of sp³-hybridized carbons (Fsp3) is 0.115. The van der Waals surface area contributed by atoms with Gasteiger partial charge in [0.15, 0.2) is 5.16 Å². The number of nitrogens with one attached hydrogen (secondary N) is 1. The van der Waals surface area contributed by atoms with Crippen LogP contribution in [-0.2, 0) is 5.75 Å². The average molecular weight is 492 g/mol. The van der Waals surface area contributed by atoms with E-state index in [2.05, 4.69) is 15.3 Å². The van der Waals surface area contributed by atoms with Crippen molar-refractivity contribution in [1.29, 1.82) is 0 Å². The summed E-state index contributed by atoms with van der Waals surface area (Å²) < 4.78 is 19.6. The molecule has 0 aliphatic rings. The minimum Gasteiger partial charge on any atom is -0.492 e.